The maximum Gasteiger partial charge on any atom is 0.223 e. The Morgan fingerprint density at radius 3 is 2.84 bits per heavy atom. The number of hydrogen-bond acceptors (Lipinski definition) is 2. The van der Waals surface area contributed by atoms with E-state index < -0.39 is 0 Å². The largest absolute Gasteiger partial charge is 0.356 e. The first-order valence-corrected chi connectivity index (χ1v) is 8.56. The predicted octanol–water partition coefficient (Wildman–Crippen LogP) is 3.40. The minimum atomic E-state index is -0.257. The molecule has 3 aromatic rings. The molecule has 0 fully saturated rings. The molecule has 0 aliphatic carbocycles. The highest BCUT2D eigenvalue weighted by atomic mass is 19.1. The van der Waals surface area contributed by atoms with Gasteiger partial charge in [-0.05, 0) is 42.7 Å². The maximum atomic E-state index is 12.9. The second kappa shape index (κ2) is 7.92. The number of amides is 1. The van der Waals surface area contributed by atoms with E-state index in [2.05, 4.69) is 14.7 Å². The number of pyridine rings is 1. The molecule has 1 aromatic carbocycles. The molecule has 1 atom stereocenters. The fourth-order valence-corrected chi connectivity index (χ4v) is 2.88. The minimum Gasteiger partial charge on any atom is -0.356 e. The highest BCUT2D eigenvalue weighted by molar-refractivity contribution is 5.78. The van der Waals surface area contributed by atoms with Gasteiger partial charge in [0.15, 0.2) is 0 Å². The molecule has 5 heteroatoms. The second-order valence-electron chi connectivity index (χ2n) is 6.30. The third-order valence-electron chi connectivity index (χ3n) is 4.29. The van der Waals surface area contributed by atoms with Crippen molar-refractivity contribution in [3.05, 3.63) is 72.1 Å². The number of aryl methyl sites for hydroxylation is 1. The number of aromatic nitrogens is 2. The van der Waals surface area contributed by atoms with Crippen LogP contribution in [0.3, 0.4) is 0 Å². The maximum absolute atomic E-state index is 12.9. The average molecular weight is 339 g/mol. The smallest absolute Gasteiger partial charge is 0.223 e. The third-order valence-corrected chi connectivity index (χ3v) is 4.29. The molecule has 1 unspecified atom stereocenters. The monoisotopic (exact) mass is 339 g/mol. The molecular formula is C20H22FN3O. The first kappa shape index (κ1) is 17.1. The van der Waals surface area contributed by atoms with Crippen molar-refractivity contribution in [2.45, 2.75) is 26.2 Å². The Morgan fingerprint density at radius 1 is 1.24 bits per heavy atom. The summed E-state index contributed by atoms with van der Waals surface area (Å²) in [5.41, 5.74) is 2.04. The SMILES string of the molecule is CC(Cc1ccc(F)cc1)C(=O)NCCCc1ncc2ccccn12. The van der Waals surface area contributed by atoms with E-state index in [0.29, 0.717) is 13.0 Å². The summed E-state index contributed by atoms with van der Waals surface area (Å²) in [6.45, 7) is 2.51. The van der Waals surface area contributed by atoms with Gasteiger partial charge >= 0.3 is 0 Å². The number of hydrogen-bond donors (Lipinski definition) is 1. The van der Waals surface area contributed by atoms with E-state index in [1.54, 1.807) is 12.1 Å². The molecular weight excluding hydrogens is 317 g/mol. The summed E-state index contributed by atoms with van der Waals surface area (Å²) >= 11 is 0. The lowest BCUT2D eigenvalue weighted by Gasteiger charge is -2.12. The van der Waals surface area contributed by atoms with Crippen LogP contribution in [0.25, 0.3) is 5.52 Å². The molecule has 3 rings (SSSR count). The van der Waals surface area contributed by atoms with E-state index in [4.69, 9.17) is 0 Å². The van der Waals surface area contributed by atoms with Gasteiger partial charge in [-0.1, -0.05) is 25.1 Å². The number of carbonyl (C=O) groups excluding carboxylic acids is 1. The number of rotatable bonds is 7. The van der Waals surface area contributed by atoms with E-state index in [-0.39, 0.29) is 17.6 Å². The van der Waals surface area contributed by atoms with Crippen molar-refractivity contribution >= 4 is 11.4 Å². The van der Waals surface area contributed by atoms with Crippen LogP contribution < -0.4 is 5.32 Å². The van der Waals surface area contributed by atoms with Crippen molar-refractivity contribution in [3.63, 3.8) is 0 Å². The molecule has 0 saturated heterocycles. The zero-order chi connectivity index (χ0) is 17.6. The molecule has 2 aromatic heterocycles. The predicted molar refractivity (Wildman–Crippen MR) is 95.8 cm³/mol. The van der Waals surface area contributed by atoms with Gasteiger partial charge in [-0.15, -0.1) is 0 Å². The van der Waals surface area contributed by atoms with Gasteiger partial charge in [-0.25, -0.2) is 9.37 Å². The number of carbonyl (C=O) groups is 1. The van der Waals surface area contributed by atoms with Crippen molar-refractivity contribution in [2.24, 2.45) is 5.92 Å². The van der Waals surface area contributed by atoms with Crippen LogP contribution in [0.5, 0.6) is 0 Å². The summed E-state index contributed by atoms with van der Waals surface area (Å²) in [4.78, 5) is 16.6. The summed E-state index contributed by atoms with van der Waals surface area (Å²) in [6.07, 6.45) is 6.12. The van der Waals surface area contributed by atoms with E-state index in [9.17, 15) is 9.18 Å². The number of imidazole rings is 1. The van der Waals surface area contributed by atoms with Crippen molar-refractivity contribution in [3.8, 4) is 0 Å². The van der Waals surface area contributed by atoms with Gasteiger partial charge < -0.3 is 9.72 Å². The van der Waals surface area contributed by atoms with Gasteiger partial charge in [0.2, 0.25) is 5.91 Å². The van der Waals surface area contributed by atoms with E-state index in [0.717, 1.165) is 29.7 Å². The molecule has 2 heterocycles. The molecule has 0 spiro atoms. The fourth-order valence-electron chi connectivity index (χ4n) is 2.88. The molecule has 0 aliphatic rings. The summed E-state index contributed by atoms with van der Waals surface area (Å²) < 4.78 is 15.0. The van der Waals surface area contributed by atoms with Gasteiger partial charge in [0.05, 0.1) is 11.7 Å². The Bertz CT molecular complexity index is 842. The van der Waals surface area contributed by atoms with Crippen LogP contribution in [0.1, 0.15) is 24.7 Å². The Balaban J connectivity index is 1.43. The van der Waals surface area contributed by atoms with Crippen LogP contribution in [0.2, 0.25) is 0 Å². The molecule has 0 bridgehead atoms. The quantitative estimate of drug-likeness (QED) is 0.671. The lowest BCUT2D eigenvalue weighted by molar-refractivity contribution is -0.124. The summed E-state index contributed by atoms with van der Waals surface area (Å²) in [5, 5.41) is 2.97. The first-order valence-electron chi connectivity index (χ1n) is 8.56. The van der Waals surface area contributed by atoms with E-state index >= 15 is 0 Å². The van der Waals surface area contributed by atoms with Crippen LogP contribution in [0.4, 0.5) is 4.39 Å². The Labute approximate surface area is 146 Å². The summed E-state index contributed by atoms with van der Waals surface area (Å²) in [6, 6.07) is 12.3. The number of halogens is 1. The zero-order valence-electron chi connectivity index (χ0n) is 14.3. The number of fused-ring (bicyclic) bond motifs is 1. The van der Waals surface area contributed by atoms with Gasteiger partial charge in [0.1, 0.15) is 11.6 Å². The molecule has 1 N–H and O–H groups in total. The first-order chi connectivity index (χ1) is 12.1. The average Bonchev–Trinajstić information content (AvgIpc) is 3.03. The number of nitrogens with one attached hydrogen (secondary N) is 1. The van der Waals surface area contributed by atoms with Crippen LogP contribution in [0.15, 0.2) is 54.9 Å². The highest BCUT2D eigenvalue weighted by Gasteiger charge is 2.13. The third kappa shape index (κ3) is 4.44. The topological polar surface area (TPSA) is 46.4 Å². The van der Waals surface area contributed by atoms with Crippen LogP contribution >= 0.6 is 0 Å². The normalized spacial score (nSPS) is 12.2. The van der Waals surface area contributed by atoms with Crippen LogP contribution in [-0.4, -0.2) is 21.8 Å². The molecule has 1 amide bonds. The zero-order valence-corrected chi connectivity index (χ0v) is 14.3. The Hall–Kier alpha value is -2.69. The van der Waals surface area contributed by atoms with Crippen molar-refractivity contribution < 1.29 is 9.18 Å². The Morgan fingerprint density at radius 2 is 2.04 bits per heavy atom. The van der Waals surface area contributed by atoms with Crippen LogP contribution in [0, 0.1) is 11.7 Å². The van der Waals surface area contributed by atoms with E-state index in [1.807, 2.05) is 37.5 Å². The molecule has 0 saturated carbocycles. The molecule has 25 heavy (non-hydrogen) atoms. The van der Waals surface area contributed by atoms with Gasteiger partial charge in [0, 0.05) is 25.1 Å². The summed E-state index contributed by atoms with van der Waals surface area (Å²) in [7, 11) is 0. The van der Waals surface area contributed by atoms with Gasteiger partial charge in [-0.3, -0.25) is 4.79 Å². The lowest BCUT2D eigenvalue weighted by Crippen LogP contribution is -2.31. The van der Waals surface area contributed by atoms with E-state index in [1.165, 1.54) is 12.1 Å². The van der Waals surface area contributed by atoms with Crippen molar-refractivity contribution in [2.75, 3.05) is 6.54 Å². The number of benzene rings is 1. The van der Waals surface area contributed by atoms with Crippen LogP contribution in [-0.2, 0) is 17.6 Å². The van der Waals surface area contributed by atoms with Crippen molar-refractivity contribution in [1.82, 2.24) is 14.7 Å². The van der Waals surface area contributed by atoms with Crippen molar-refractivity contribution in [1.29, 1.82) is 0 Å². The van der Waals surface area contributed by atoms with Gasteiger partial charge in [0.25, 0.3) is 0 Å². The lowest BCUT2D eigenvalue weighted by atomic mass is 10.0. The molecule has 4 nitrogen and oxygen atoms in total. The minimum absolute atomic E-state index is 0.0253. The summed E-state index contributed by atoms with van der Waals surface area (Å²) in [5.74, 6) is 0.631. The van der Waals surface area contributed by atoms with Gasteiger partial charge in [-0.2, -0.15) is 0 Å². The fraction of sp³-hybridized carbons (Fsp3) is 0.300. The molecule has 130 valence electrons. The highest BCUT2D eigenvalue weighted by Crippen LogP contribution is 2.10. The standard InChI is InChI=1S/C20H22FN3O/c1-15(13-16-7-9-17(21)10-8-16)20(25)22-11-4-6-19-23-14-18-5-2-3-12-24(18)19/h2-3,5,7-10,12,14-15H,4,6,11,13H2,1H3,(H,22,25). The number of nitrogens with zero attached hydrogens (tertiary/aromatic N) is 2. The molecule has 0 radical (unpaired) electrons. The second-order valence-corrected chi connectivity index (χ2v) is 6.30. The Kier molecular flexibility index (Phi) is 5.43. The molecule has 0 aliphatic heterocycles.